The number of hydrogen-bond acceptors (Lipinski definition) is 4. The fraction of sp³-hybridized carbons (Fsp3) is 0.300. The predicted octanol–water partition coefficient (Wildman–Crippen LogP) is 2.54. The van der Waals surface area contributed by atoms with Crippen molar-refractivity contribution < 1.29 is 14.3 Å². The molecule has 0 N–H and O–H groups in total. The molecule has 5 nitrogen and oxygen atoms in total. The lowest BCUT2D eigenvalue weighted by atomic mass is 10.1. The Balaban J connectivity index is 1.64. The van der Waals surface area contributed by atoms with E-state index in [0.717, 1.165) is 17.0 Å². The molecule has 1 heterocycles. The van der Waals surface area contributed by atoms with E-state index in [1.807, 2.05) is 43.3 Å². The highest BCUT2D eigenvalue weighted by Gasteiger charge is 2.27. The molecule has 0 aliphatic carbocycles. The average molecular weight is 338 g/mol. The molecule has 1 aliphatic heterocycles. The largest absolute Gasteiger partial charge is 0.495 e. The molecule has 2 aromatic rings. The van der Waals surface area contributed by atoms with Gasteiger partial charge in [-0.15, -0.1) is 0 Å². The van der Waals surface area contributed by atoms with Gasteiger partial charge in [0.2, 0.25) is 5.78 Å². The fourth-order valence-electron chi connectivity index (χ4n) is 3.01. The number of methoxy groups -OCH3 is 1. The molecule has 1 aliphatic rings. The van der Waals surface area contributed by atoms with Crippen molar-refractivity contribution in [2.24, 2.45) is 0 Å². The number of Topliss-reactive ketones (excluding diaryl/α,β-unsaturated/α-hetero) is 1. The summed E-state index contributed by atoms with van der Waals surface area (Å²) in [7, 11) is 1.65. The average Bonchev–Trinajstić information content (AvgIpc) is 2.67. The Morgan fingerprint density at radius 1 is 0.920 bits per heavy atom. The van der Waals surface area contributed by atoms with Gasteiger partial charge in [0.1, 0.15) is 5.75 Å². The summed E-state index contributed by atoms with van der Waals surface area (Å²) in [6.45, 7) is 4.34. The van der Waals surface area contributed by atoms with Gasteiger partial charge in [-0.05, 0) is 19.1 Å². The Bertz CT molecular complexity index is 763. The van der Waals surface area contributed by atoms with E-state index in [9.17, 15) is 9.59 Å². The first kappa shape index (κ1) is 17.0. The highest BCUT2D eigenvalue weighted by molar-refractivity contribution is 6.42. The summed E-state index contributed by atoms with van der Waals surface area (Å²) >= 11 is 0. The van der Waals surface area contributed by atoms with Crippen molar-refractivity contribution in [2.45, 2.75) is 6.92 Å². The number of ketones is 1. The highest BCUT2D eigenvalue weighted by Crippen LogP contribution is 2.28. The van der Waals surface area contributed by atoms with Crippen LogP contribution in [0.25, 0.3) is 0 Å². The van der Waals surface area contributed by atoms with Crippen LogP contribution in [-0.4, -0.2) is 49.9 Å². The summed E-state index contributed by atoms with van der Waals surface area (Å²) in [4.78, 5) is 28.7. The van der Waals surface area contributed by atoms with Crippen molar-refractivity contribution in [1.82, 2.24) is 4.90 Å². The van der Waals surface area contributed by atoms with Crippen molar-refractivity contribution in [2.75, 3.05) is 38.2 Å². The van der Waals surface area contributed by atoms with Crippen molar-refractivity contribution in [1.29, 1.82) is 0 Å². The first-order chi connectivity index (χ1) is 12.1. The molecule has 0 radical (unpaired) electrons. The van der Waals surface area contributed by atoms with Gasteiger partial charge in [0, 0.05) is 31.7 Å². The van der Waals surface area contributed by atoms with Crippen LogP contribution >= 0.6 is 0 Å². The quantitative estimate of drug-likeness (QED) is 0.635. The van der Waals surface area contributed by atoms with Gasteiger partial charge in [-0.2, -0.15) is 0 Å². The summed E-state index contributed by atoms with van der Waals surface area (Å²) in [6.07, 6.45) is 0. The lowest BCUT2D eigenvalue weighted by Gasteiger charge is -2.36. The van der Waals surface area contributed by atoms with Crippen molar-refractivity contribution in [3.8, 4) is 5.75 Å². The third-order valence-corrected chi connectivity index (χ3v) is 4.50. The molecule has 3 rings (SSSR count). The number of aryl methyl sites for hydroxylation is 1. The maximum atomic E-state index is 12.5. The number of amides is 1. The summed E-state index contributed by atoms with van der Waals surface area (Å²) in [6, 6.07) is 14.9. The normalized spacial score (nSPS) is 14.3. The van der Waals surface area contributed by atoms with Crippen LogP contribution in [0.1, 0.15) is 15.9 Å². The van der Waals surface area contributed by atoms with E-state index in [-0.39, 0.29) is 0 Å². The molecule has 0 aromatic heterocycles. The maximum absolute atomic E-state index is 12.5. The van der Waals surface area contributed by atoms with Crippen molar-refractivity contribution >= 4 is 17.4 Å². The number of benzene rings is 2. The minimum atomic E-state index is -0.439. The first-order valence-corrected chi connectivity index (χ1v) is 8.38. The van der Waals surface area contributed by atoms with E-state index < -0.39 is 11.7 Å². The zero-order chi connectivity index (χ0) is 17.8. The number of nitrogens with zero attached hydrogens (tertiary/aromatic N) is 2. The summed E-state index contributed by atoms with van der Waals surface area (Å²) in [5.74, 6) is -0.0488. The lowest BCUT2D eigenvalue weighted by Crippen LogP contribution is -2.50. The Morgan fingerprint density at radius 2 is 1.56 bits per heavy atom. The molecular weight excluding hydrogens is 316 g/mol. The van der Waals surface area contributed by atoms with Crippen LogP contribution in [0.15, 0.2) is 48.5 Å². The summed E-state index contributed by atoms with van der Waals surface area (Å²) < 4.78 is 5.40. The van der Waals surface area contributed by atoms with Gasteiger partial charge in [-0.25, -0.2) is 0 Å². The van der Waals surface area contributed by atoms with Gasteiger partial charge in [-0.1, -0.05) is 42.0 Å². The number of hydrogen-bond donors (Lipinski definition) is 0. The van der Waals surface area contributed by atoms with Gasteiger partial charge in [0.25, 0.3) is 5.91 Å². The predicted molar refractivity (Wildman–Crippen MR) is 97.3 cm³/mol. The molecule has 130 valence electrons. The van der Waals surface area contributed by atoms with Crippen LogP contribution in [0.4, 0.5) is 5.69 Å². The molecular formula is C20H22N2O3. The molecule has 0 saturated carbocycles. The number of piperazine rings is 1. The monoisotopic (exact) mass is 338 g/mol. The zero-order valence-electron chi connectivity index (χ0n) is 14.6. The number of ether oxygens (including phenoxy) is 1. The van der Waals surface area contributed by atoms with Gasteiger partial charge >= 0.3 is 0 Å². The maximum Gasteiger partial charge on any atom is 0.295 e. The van der Waals surface area contributed by atoms with E-state index in [4.69, 9.17) is 4.74 Å². The number of para-hydroxylation sites is 2. The van der Waals surface area contributed by atoms with E-state index in [0.29, 0.717) is 31.7 Å². The van der Waals surface area contributed by atoms with Crippen LogP contribution in [0.3, 0.4) is 0 Å². The van der Waals surface area contributed by atoms with Crippen molar-refractivity contribution in [3.63, 3.8) is 0 Å². The first-order valence-electron chi connectivity index (χ1n) is 8.38. The van der Waals surface area contributed by atoms with E-state index in [2.05, 4.69) is 4.90 Å². The van der Waals surface area contributed by atoms with Crippen molar-refractivity contribution in [3.05, 3.63) is 59.7 Å². The molecule has 1 amide bonds. The summed E-state index contributed by atoms with van der Waals surface area (Å²) in [5.41, 5.74) is 2.53. The Kier molecular flexibility index (Phi) is 5.03. The number of anilines is 1. The van der Waals surface area contributed by atoms with Crippen LogP contribution < -0.4 is 9.64 Å². The van der Waals surface area contributed by atoms with Gasteiger partial charge < -0.3 is 14.5 Å². The lowest BCUT2D eigenvalue weighted by molar-refractivity contribution is -0.126. The molecule has 0 atom stereocenters. The number of carbonyl (C=O) groups is 2. The number of carbonyl (C=O) groups excluding carboxylic acids is 2. The topological polar surface area (TPSA) is 49.9 Å². The van der Waals surface area contributed by atoms with Crippen LogP contribution in [-0.2, 0) is 4.79 Å². The minimum Gasteiger partial charge on any atom is -0.495 e. The Hall–Kier alpha value is -2.82. The molecule has 25 heavy (non-hydrogen) atoms. The standard InChI is InChI=1S/C20H22N2O3/c1-15-7-9-16(10-8-15)19(23)20(24)22-13-11-21(12-14-22)17-5-3-4-6-18(17)25-2/h3-10H,11-14H2,1-2H3. The molecule has 0 unspecified atom stereocenters. The van der Waals surface area contributed by atoms with E-state index in [1.165, 1.54) is 0 Å². The molecule has 0 bridgehead atoms. The molecule has 1 fully saturated rings. The van der Waals surface area contributed by atoms with Crippen LogP contribution in [0.2, 0.25) is 0 Å². The van der Waals surface area contributed by atoms with E-state index in [1.54, 1.807) is 24.1 Å². The second-order valence-corrected chi connectivity index (χ2v) is 6.15. The fourth-order valence-corrected chi connectivity index (χ4v) is 3.01. The third-order valence-electron chi connectivity index (χ3n) is 4.50. The second kappa shape index (κ2) is 7.38. The van der Waals surface area contributed by atoms with Gasteiger partial charge in [0.15, 0.2) is 0 Å². The number of rotatable bonds is 4. The Labute approximate surface area is 147 Å². The molecule has 0 spiro atoms. The SMILES string of the molecule is COc1ccccc1N1CCN(C(=O)C(=O)c2ccc(C)cc2)CC1. The highest BCUT2D eigenvalue weighted by atomic mass is 16.5. The zero-order valence-corrected chi connectivity index (χ0v) is 14.6. The second-order valence-electron chi connectivity index (χ2n) is 6.15. The third kappa shape index (κ3) is 3.65. The molecule has 1 saturated heterocycles. The van der Waals surface area contributed by atoms with Crippen LogP contribution in [0.5, 0.6) is 5.75 Å². The van der Waals surface area contributed by atoms with Gasteiger partial charge in [0.05, 0.1) is 12.8 Å². The summed E-state index contributed by atoms with van der Waals surface area (Å²) in [5, 5.41) is 0. The van der Waals surface area contributed by atoms with Gasteiger partial charge in [-0.3, -0.25) is 9.59 Å². The van der Waals surface area contributed by atoms with Crippen LogP contribution in [0, 0.1) is 6.92 Å². The smallest absolute Gasteiger partial charge is 0.295 e. The Morgan fingerprint density at radius 3 is 2.20 bits per heavy atom. The molecule has 5 heteroatoms. The molecule has 2 aromatic carbocycles. The minimum absolute atomic E-state index is 0.427. The van der Waals surface area contributed by atoms with E-state index >= 15 is 0 Å².